The van der Waals surface area contributed by atoms with Crippen LogP contribution in [0.2, 0.25) is 0 Å². The Morgan fingerprint density at radius 1 is 1.06 bits per heavy atom. The molecule has 0 fully saturated rings. The number of hydrogen-bond donors (Lipinski definition) is 1. The van der Waals surface area contributed by atoms with E-state index in [0.717, 1.165) is 49.8 Å². The molecule has 3 aromatic rings. The molecule has 0 bridgehead atoms. The van der Waals surface area contributed by atoms with Crippen LogP contribution in [0.25, 0.3) is 0 Å². The normalized spacial score (nSPS) is 15.1. The fourth-order valence-electron chi connectivity index (χ4n) is 4.23. The molecule has 1 N–H and O–H groups in total. The van der Waals surface area contributed by atoms with Crippen LogP contribution in [-0.4, -0.2) is 51.8 Å². The van der Waals surface area contributed by atoms with Gasteiger partial charge in [0.05, 0.1) is 6.42 Å². The first-order valence-electron chi connectivity index (χ1n) is 11.3. The second kappa shape index (κ2) is 10.5. The Morgan fingerprint density at radius 3 is 2.62 bits per heavy atom. The van der Waals surface area contributed by atoms with Gasteiger partial charge in [-0.2, -0.15) is 0 Å². The Morgan fingerprint density at radius 2 is 1.84 bits per heavy atom. The summed E-state index contributed by atoms with van der Waals surface area (Å²) in [5, 5.41) is 11.7. The van der Waals surface area contributed by atoms with Gasteiger partial charge in [-0.15, -0.1) is 10.2 Å². The summed E-state index contributed by atoms with van der Waals surface area (Å²) in [6.45, 7) is 6.61. The molecule has 32 heavy (non-hydrogen) atoms. The third-order valence-electron chi connectivity index (χ3n) is 6.04. The zero-order chi connectivity index (χ0) is 22.3. The number of nitrogens with zero attached hydrogens (tertiary/aromatic N) is 4. The summed E-state index contributed by atoms with van der Waals surface area (Å²) >= 11 is 0. The van der Waals surface area contributed by atoms with Gasteiger partial charge in [0.15, 0.2) is 0 Å². The molecule has 6 nitrogen and oxygen atoms in total. The molecular formula is C25H30FN5O. The van der Waals surface area contributed by atoms with Gasteiger partial charge in [-0.05, 0) is 29.2 Å². The number of hydrogen-bond acceptors (Lipinski definition) is 4. The molecule has 168 valence electrons. The minimum absolute atomic E-state index is 0.0757. The summed E-state index contributed by atoms with van der Waals surface area (Å²) < 4.78 is 15.2. The molecule has 7 heteroatoms. The van der Waals surface area contributed by atoms with Crippen LogP contribution in [0.4, 0.5) is 4.39 Å². The van der Waals surface area contributed by atoms with Crippen molar-refractivity contribution in [1.29, 1.82) is 0 Å². The van der Waals surface area contributed by atoms with Crippen LogP contribution >= 0.6 is 0 Å². The lowest BCUT2D eigenvalue weighted by molar-refractivity contribution is -0.120. The zero-order valence-corrected chi connectivity index (χ0v) is 18.5. The minimum Gasteiger partial charge on any atom is -0.355 e. The van der Waals surface area contributed by atoms with Gasteiger partial charge in [0.2, 0.25) is 5.91 Å². The van der Waals surface area contributed by atoms with E-state index < -0.39 is 0 Å². The number of carbonyl (C=O) groups is 1. The van der Waals surface area contributed by atoms with E-state index in [1.165, 1.54) is 17.7 Å². The summed E-state index contributed by atoms with van der Waals surface area (Å²) in [6, 6.07) is 16.7. The molecule has 1 aliphatic rings. The van der Waals surface area contributed by atoms with E-state index in [1.54, 1.807) is 12.1 Å². The summed E-state index contributed by atoms with van der Waals surface area (Å²) in [6.07, 6.45) is 1.76. The van der Waals surface area contributed by atoms with Gasteiger partial charge >= 0.3 is 0 Å². The standard InChI is InChI=1S/C25H30FN5O/c1-19(21-5-3-2-4-6-21)18-30-14-12-24-29-28-23(31(24)16-15-30)11-13-27-25(32)17-20-7-9-22(26)10-8-20/h2-10,19H,11-18H2,1H3,(H,27,32)/t19-/m1/s1. The van der Waals surface area contributed by atoms with Crippen molar-refractivity contribution in [3.05, 3.63) is 83.2 Å². The maximum Gasteiger partial charge on any atom is 0.224 e. The molecule has 0 spiro atoms. The third kappa shape index (κ3) is 5.79. The minimum atomic E-state index is -0.297. The predicted molar refractivity (Wildman–Crippen MR) is 122 cm³/mol. The van der Waals surface area contributed by atoms with Crippen molar-refractivity contribution in [2.75, 3.05) is 26.2 Å². The van der Waals surface area contributed by atoms with Gasteiger partial charge < -0.3 is 14.8 Å². The second-order valence-corrected chi connectivity index (χ2v) is 8.45. The summed E-state index contributed by atoms with van der Waals surface area (Å²) in [5.41, 5.74) is 2.17. The lowest BCUT2D eigenvalue weighted by Gasteiger charge is -2.24. The number of halogens is 1. The van der Waals surface area contributed by atoms with Crippen LogP contribution in [0, 0.1) is 5.82 Å². The lowest BCUT2D eigenvalue weighted by Crippen LogP contribution is -2.31. The second-order valence-electron chi connectivity index (χ2n) is 8.45. The first-order valence-corrected chi connectivity index (χ1v) is 11.3. The smallest absolute Gasteiger partial charge is 0.224 e. The lowest BCUT2D eigenvalue weighted by atomic mass is 10.0. The number of carbonyl (C=O) groups excluding carboxylic acids is 1. The first kappa shape index (κ1) is 22.1. The van der Waals surface area contributed by atoms with Gasteiger partial charge in [-0.3, -0.25) is 4.79 Å². The highest BCUT2D eigenvalue weighted by Gasteiger charge is 2.20. The summed E-state index contributed by atoms with van der Waals surface area (Å²) in [7, 11) is 0. The van der Waals surface area contributed by atoms with Crippen molar-refractivity contribution in [2.24, 2.45) is 0 Å². The highest BCUT2D eigenvalue weighted by molar-refractivity contribution is 5.78. The number of aromatic nitrogens is 3. The highest BCUT2D eigenvalue weighted by Crippen LogP contribution is 2.18. The first-order chi connectivity index (χ1) is 15.6. The van der Waals surface area contributed by atoms with Crippen LogP contribution < -0.4 is 5.32 Å². The molecule has 1 aliphatic heterocycles. The topological polar surface area (TPSA) is 63.1 Å². The Kier molecular flexibility index (Phi) is 7.27. The molecule has 0 unspecified atom stereocenters. The average Bonchev–Trinajstić information content (AvgIpc) is 3.07. The molecule has 1 atom stereocenters. The summed E-state index contributed by atoms with van der Waals surface area (Å²) in [5.74, 6) is 2.05. The summed E-state index contributed by atoms with van der Waals surface area (Å²) in [4.78, 5) is 14.7. The van der Waals surface area contributed by atoms with Crippen molar-refractivity contribution >= 4 is 5.91 Å². The van der Waals surface area contributed by atoms with Gasteiger partial charge in [0.25, 0.3) is 0 Å². The van der Waals surface area contributed by atoms with Crippen LogP contribution in [0.5, 0.6) is 0 Å². The van der Waals surface area contributed by atoms with E-state index in [1.807, 2.05) is 0 Å². The molecule has 0 saturated heterocycles. The van der Waals surface area contributed by atoms with Crippen LogP contribution in [0.15, 0.2) is 54.6 Å². The van der Waals surface area contributed by atoms with E-state index in [4.69, 9.17) is 0 Å². The van der Waals surface area contributed by atoms with E-state index in [2.05, 4.69) is 62.2 Å². The number of benzene rings is 2. The Bertz CT molecular complexity index is 1020. The van der Waals surface area contributed by atoms with E-state index in [-0.39, 0.29) is 18.1 Å². The molecule has 1 aromatic heterocycles. The molecule has 4 rings (SSSR count). The molecule has 0 radical (unpaired) electrons. The monoisotopic (exact) mass is 435 g/mol. The van der Waals surface area contributed by atoms with E-state index in [9.17, 15) is 9.18 Å². The third-order valence-corrected chi connectivity index (χ3v) is 6.04. The van der Waals surface area contributed by atoms with E-state index in [0.29, 0.717) is 18.9 Å². The van der Waals surface area contributed by atoms with Crippen LogP contribution in [-0.2, 0) is 30.6 Å². The highest BCUT2D eigenvalue weighted by atomic mass is 19.1. The van der Waals surface area contributed by atoms with Gasteiger partial charge in [0.1, 0.15) is 17.5 Å². The molecular weight excluding hydrogens is 405 g/mol. The molecule has 2 aromatic carbocycles. The number of amides is 1. The fourth-order valence-corrected chi connectivity index (χ4v) is 4.23. The van der Waals surface area contributed by atoms with Gasteiger partial charge in [-0.25, -0.2) is 4.39 Å². The van der Waals surface area contributed by atoms with Crippen molar-refractivity contribution < 1.29 is 9.18 Å². The van der Waals surface area contributed by atoms with Gasteiger partial charge in [-0.1, -0.05) is 49.4 Å². The quantitative estimate of drug-likeness (QED) is 0.591. The fraction of sp³-hybridized carbons (Fsp3) is 0.400. The maximum atomic E-state index is 13.0. The van der Waals surface area contributed by atoms with Crippen molar-refractivity contribution in [3.63, 3.8) is 0 Å². The predicted octanol–water partition coefficient (Wildman–Crippen LogP) is 2.98. The Labute approximate surface area is 188 Å². The van der Waals surface area contributed by atoms with Crippen molar-refractivity contribution in [1.82, 2.24) is 25.0 Å². The zero-order valence-electron chi connectivity index (χ0n) is 18.5. The van der Waals surface area contributed by atoms with E-state index >= 15 is 0 Å². The molecule has 1 amide bonds. The molecule has 0 aliphatic carbocycles. The van der Waals surface area contributed by atoms with Gasteiger partial charge in [0, 0.05) is 45.6 Å². The largest absolute Gasteiger partial charge is 0.355 e. The SMILES string of the molecule is C[C@H](CN1CCc2nnc(CCNC(=O)Cc3ccc(F)cc3)n2CC1)c1ccccc1. The van der Waals surface area contributed by atoms with Crippen LogP contribution in [0.3, 0.4) is 0 Å². The Balaban J connectivity index is 1.26. The van der Waals surface area contributed by atoms with Crippen molar-refractivity contribution in [3.8, 4) is 0 Å². The van der Waals surface area contributed by atoms with Crippen LogP contribution in [0.1, 0.15) is 35.6 Å². The molecule has 2 heterocycles. The maximum absolute atomic E-state index is 13.0. The molecule has 0 saturated carbocycles. The number of nitrogens with one attached hydrogen (secondary N) is 1. The number of rotatable bonds is 8. The van der Waals surface area contributed by atoms with Crippen molar-refractivity contribution in [2.45, 2.75) is 38.6 Å². The Hall–Kier alpha value is -3.06. The number of fused-ring (bicyclic) bond motifs is 1. The average molecular weight is 436 g/mol.